The van der Waals surface area contributed by atoms with Crippen LogP contribution < -0.4 is 0 Å². The minimum absolute atomic E-state index is 0.0496. The van der Waals surface area contributed by atoms with Gasteiger partial charge in [0, 0.05) is 12.8 Å². The molecule has 0 saturated heterocycles. The van der Waals surface area contributed by atoms with Crippen molar-refractivity contribution in [1.29, 1.82) is 0 Å². The van der Waals surface area contributed by atoms with Crippen LogP contribution in [-0.2, 0) is 19.1 Å². The van der Waals surface area contributed by atoms with Crippen LogP contribution >= 0.6 is 0 Å². The standard InChI is InChI=1S/C25H34O4/c1-4-5-23(28)29-22(15-26)21-9-8-19-18-7-6-16-14-17(27)10-12-24(16,2)20(18)11-13-25(19,21)3/h14-15,18-20H,4-13H2,1-3H3/b22-21-/t18-,19-,20-,24-,25-/m0/s1. The highest BCUT2D eigenvalue weighted by atomic mass is 16.5. The number of esters is 1. The van der Waals surface area contributed by atoms with Crippen molar-refractivity contribution in [3.8, 4) is 0 Å². The van der Waals surface area contributed by atoms with Gasteiger partial charge in [-0.2, -0.15) is 0 Å². The molecule has 0 aromatic heterocycles. The Morgan fingerprint density at radius 1 is 1.10 bits per heavy atom. The molecule has 29 heavy (non-hydrogen) atoms. The second-order valence-electron chi connectivity index (χ2n) is 10.1. The molecule has 158 valence electrons. The fourth-order valence-electron chi connectivity index (χ4n) is 7.31. The summed E-state index contributed by atoms with van der Waals surface area (Å²) in [6.07, 6.45) is 11.7. The number of ether oxygens (including phenoxy) is 1. The minimum Gasteiger partial charge on any atom is -0.423 e. The molecule has 3 saturated carbocycles. The number of allylic oxidation sites excluding steroid dienone is 3. The molecule has 0 N–H and O–H groups in total. The zero-order valence-electron chi connectivity index (χ0n) is 18.1. The van der Waals surface area contributed by atoms with Crippen molar-refractivity contribution < 1.29 is 19.1 Å². The first kappa shape index (κ1) is 20.6. The first-order valence-electron chi connectivity index (χ1n) is 11.5. The van der Waals surface area contributed by atoms with Crippen LogP contribution in [0.25, 0.3) is 0 Å². The summed E-state index contributed by atoms with van der Waals surface area (Å²) in [7, 11) is 0. The average Bonchev–Trinajstić information content (AvgIpc) is 3.04. The molecule has 0 bridgehead atoms. The van der Waals surface area contributed by atoms with Crippen LogP contribution in [0.4, 0.5) is 0 Å². The molecular formula is C25H34O4. The van der Waals surface area contributed by atoms with E-state index in [1.165, 1.54) is 5.57 Å². The molecule has 4 aliphatic carbocycles. The van der Waals surface area contributed by atoms with Gasteiger partial charge in [-0.3, -0.25) is 14.4 Å². The Morgan fingerprint density at radius 2 is 1.86 bits per heavy atom. The number of carbonyl (C=O) groups is 3. The highest BCUT2D eigenvalue weighted by Gasteiger charge is 2.58. The topological polar surface area (TPSA) is 60.4 Å². The van der Waals surface area contributed by atoms with Crippen LogP contribution in [0, 0.1) is 28.6 Å². The molecule has 0 aliphatic heterocycles. The van der Waals surface area contributed by atoms with E-state index in [1.807, 2.05) is 13.0 Å². The number of aldehydes is 1. The van der Waals surface area contributed by atoms with E-state index in [2.05, 4.69) is 13.8 Å². The van der Waals surface area contributed by atoms with E-state index in [-0.39, 0.29) is 22.6 Å². The van der Waals surface area contributed by atoms with E-state index in [0.717, 1.165) is 63.2 Å². The lowest BCUT2D eigenvalue weighted by Gasteiger charge is -2.57. The monoisotopic (exact) mass is 398 g/mol. The first-order chi connectivity index (χ1) is 13.8. The Bertz CT molecular complexity index is 791. The number of hydrogen-bond acceptors (Lipinski definition) is 4. The van der Waals surface area contributed by atoms with Gasteiger partial charge in [0.1, 0.15) is 0 Å². The maximum atomic E-state index is 12.0. The molecule has 0 amide bonds. The van der Waals surface area contributed by atoms with Gasteiger partial charge in [0.15, 0.2) is 17.8 Å². The molecular weight excluding hydrogens is 364 g/mol. The second kappa shape index (κ2) is 7.52. The molecule has 4 rings (SSSR count). The van der Waals surface area contributed by atoms with Crippen LogP contribution in [0.3, 0.4) is 0 Å². The summed E-state index contributed by atoms with van der Waals surface area (Å²) in [5, 5.41) is 0. The molecule has 4 heteroatoms. The van der Waals surface area contributed by atoms with Crippen LogP contribution in [-0.4, -0.2) is 18.0 Å². The average molecular weight is 399 g/mol. The fourth-order valence-corrected chi connectivity index (χ4v) is 7.31. The predicted octanol–water partition coefficient (Wildman–Crippen LogP) is 5.31. The first-order valence-corrected chi connectivity index (χ1v) is 11.5. The number of carbonyl (C=O) groups excluding carboxylic acids is 3. The van der Waals surface area contributed by atoms with Gasteiger partial charge in [0.05, 0.1) is 0 Å². The van der Waals surface area contributed by atoms with E-state index < -0.39 is 0 Å². The van der Waals surface area contributed by atoms with Crippen molar-refractivity contribution in [2.75, 3.05) is 0 Å². The highest BCUT2D eigenvalue weighted by molar-refractivity contribution is 5.91. The lowest BCUT2D eigenvalue weighted by atomic mass is 9.47. The molecule has 4 aliphatic rings. The van der Waals surface area contributed by atoms with Gasteiger partial charge in [0.25, 0.3) is 0 Å². The van der Waals surface area contributed by atoms with Crippen molar-refractivity contribution in [3.63, 3.8) is 0 Å². The Morgan fingerprint density at radius 3 is 2.59 bits per heavy atom. The van der Waals surface area contributed by atoms with E-state index in [1.54, 1.807) is 0 Å². The molecule has 3 fully saturated rings. The van der Waals surface area contributed by atoms with Gasteiger partial charge in [0.2, 0.25) is 0 Å². The van der Waals surface area contributed by atoms with Crippen molar-refractivity contribution in [2.24, 2.45) is 28.6 Å². The highest BCUT2D eigenvalue weighted by Crippen LogP contribution is 2.66. The van der Waals surface area contributed by atoms with Gasteiger partial charge < -0.3 is 4.74 Å². The number of rotatable bonds is 4. The number of hydrogen-bond donors (Lipinski definition) is 0. The Kier molecular flexibility index (Phi) is 5.33. The summed E-state index contributed by atoms with van der Waals surface area (Å²) in [4.78, 5) is 35.8. The zero-order valence-corrected chi connectivity index (χ0v) is 18.1. The summed E-state index contributed by atoms with van der Waals surface area (Å²) in [5.41, 5.74) is 2.57. The molecule has 0 aromatic rings. The van der Waals surface area contributed by atoms with Gasteiger partial charge in [-0.25, -0.2) is 0 Å². The Balaban J connectivity index is 1.63. The van der Waals surface area contributed by atoms with Crippen LogP contribution in [0.5, 0.6) is 0 Å². The normalized spacial score (nSPS) is 40.3. The third-order valence-corrected chi connectivity index (χ3v) is 8.83. The van der Waals surface area contributed by atoms with Crippen molar-refractivity contribution >= 4 is 18.0 Å². The number of fused-ring (bicyclic) bond motifs is 5. The maximum absolute atomic E-state index is 12.0. The third kappa shape index (κ3) is 3.23. The van der Waals surface area contributed by atoms with Gasteiger partial charge in [-0.15, -0.1) is 0 Å². The summed E-state index contributed by atoms with van der Waals surface area (Å²) in [5.74, 6) is 2.07. The van der Waals surface area contributed by atoms with Crippen molar-refractivity contribution in [3.05, 3.63) is 23.0 Å². The molecule has 0 heterocycles. The van der Waals surface area contributed by atoms with Gasteiger partial charge in [-0.1, -0.05) is 26.3 Å². The smallest absolute Gasteiger partial charge is 0.311 e. The summed E-state index contributed by atoms with van der Waals surface area (Å²) >= 11 is 0. The molecule has 0 aromatic carbocycles. The maximum Gasteiger partial charge on any atom is 0.311 e. The molecule has 5 atom stereocenters. The second-order valence-corrected chi connectivity index (χ2v) is 10.1. The lowest BCUT2D eigenvalue weighted by molar-refractivity contribution is -0.141. The molecule has 4 nitrogen and oxygen atoms in total. The fraction of sp³-hybridized carbons (Fsp3) is 0.720. The SMILES string of the molecule is CCCC(=O)O/C(C=O)=C1/CC[C@H]2[C@@H]3CCC4=CC(=O)CC[C@]4(C)[C@H]3CC[C@]12C. The summed E-state index contributed by atoms with van der Waals surface area (Å²) < 4.78 is 5.52. The molecule has 0 radical (unpaired) electrons. The van der Waals surface area contributed by atoms with Gasteiger partial charge in [-0.05, 0) is 91.6 Å². The Labute approximate surface area is 174 Å². The number of ketones is 1. The largest absolute Gasteiger partial charge is 0.423 e. The van der Waals surface area contributed by atoms with Crippen molar-refractivity contribution in [1.82, 2.24) is 0 Å². The summed E-state index contributed by atoms with van der Waals surface area (Å²) in [6.45, 7) is 6.62. The lowest BCUT2D eigenvalue weighted by Crippen LogP contribution is -2.49. The molecule has 0 unspecified atom stereocenters. The zero-order chi connectivity index (χ0) is 20.8. The van der Waals surface area contributed by atoms with E-state index in [4.69, 9.17) is 4.74 Å². The summed E-state index contributed by atoms with van der Waals surface area (Å²) in [6, 6.07) is 0. The van der Waals surface area contributed by atoms with Crippen LogP contribution in [0.2, 0.25) is 0 Å². The predicted molar refractivity (Wildman–Crippen MR) is 111 cm³/mol. The Hall–Kier alpha value is -1.71. The molecule has 0 spiro atoms. The minimum atomic E-state index is -0.297. The van der Waals surface area contributed by atoms with E-state index in [9.17, 15) is 14.4 Å². The van der Waals surface area contributed by atoms with Crippen LogP contribution in [0.1, 0.15) is 85.0 Å². The van der Waals surface area contributed by atoms with Crippen LogP contribution in [0.15, 0.2) is 23.0 Å². The van der Waals surface area contributed by atoms with E-state index in [0.29, 0.717) is 36.4 Å². The third-order valence-electron chi connectivity index (χ3n) is 8.83. The van der Waals surface area contributed by atoms with Crippen molar-refractivity contribution in [2.45, 2.75) is 85.0 Å². The van der Waals surface area contributed by atoms with E-state index >= 15 is 0 Å². The van der Waals surface area contributed by atoms with Gasteiger partial charge >= 0.3 is 5.97 Å². The quantitative estimate of drug-likeness (QED) is 0.278.